The Kier molecular flexibility index (Phi) is 5.89. The molecule has 1 amide bonds. The minimum Gasteiger partial charge on any atom is -0.459 e. The molecule has 4 rings (SSSR count). The maximum Gasteiger partial charge on any atom is 0.315 e. The predicted molar refractivity (Wildman–Crippen MR) is 107 cm³/mol. The van der Waals surface area contributed by atoms with E-state index in [9.17, 15) is 13.6 Å². The number of nitrogens with zero attached hydrogens (tertiary/aromatic N) is 2. The average Bonchev–Trinajstić information content (AvgIpc) is 3.43. The molecule has 4 aromatic rings. The van der Waals surface area contributed by atoms with E-state index in [0.717, 1.165) is 10.5 Å². The van der Waals surface area contributed by atoms with Crippen LogP contribution in [-0.2, 0) is 5.75 Å². The Morgan fingerprint density at radius 2 is 1.93 bits per heavy atom. The van der Waals surface area contributed by atoms with E-state index in [1.165, 1.54) is 6.26 Å². The third-order valence-corrected chi connectivity index (χ3v) is 5.16. The fraction of sp³-hybridized carbons (Fsp3) is 0.0952. The van der Waals surface area contributed by atoms with Crippen LogP contribution in [0.5, 0.6) is 0 Å². The first-order valence-electron chi connectivity index (χ1n) is 8.88. The molecule has 0 saturated carbocycles. The highest BCUT2D eigenvalue weighted by molar-refractivity contribution is 7.98. The van der Waals surface area contributed by atoms with Crippen LogP contribution in [0.3, 0.4) is 0 Å². The van der Waals surface area contributed by atoms with Crippen LogP contribution < -0.4 is 5.32 Å². The Labute approximate surface area is 174 Å². The first kappa shape index (κ1) is 19.8. The van der Waals surface area contributed by atoms with Gasteiger partial charge >= 0.3 is 6.43 Å². The maximum atomic E-state index is 12.7. The van der Waals surface area contributed by atoms with Gasteiger partial charge in [-0.25, -0.2) is 0 Å². The maximum absolute atomic E-state index is 12.7. The van der Waals surface area contributed by atoms with E-state index < -0.39 is 18.2 Å². The topological polar surface area (TPSA) is 81.2 Å². The van der Waals surface area contributed by atoms with Crippen molar-refractivity contribution in [1.29, 1.82) is 0 Å². The molecule has 0 fully saturated rings. The zero-order valence-corrected chi connectivity index (χ0v) is 16.2. The lowest BCUT2D eigenvalue weighted by Crippen LogP contribution is -2.12. The number of carbonyl (C=O) groups is 1. The summed E-state index contributed by atoms with van der Waals surface area (Å²) in [5, 5.41) is 6.29. The Morgan fingerprint density at radius 3 is 2.70 bits per heavy atom. The largest absolute Gasteiger partial charge is 0.459 e. The van der Waals surface area contributed by atoms with E-state index in [2.05, 4.69) is 20.0 Å². The normalized spacial score (nSPS) is 11.0. The van der Waals surface area contributed by atoms with Crippen molar-refractivity contribution in [3.8, 4) is 11.4 Å². The number of nitrogens with one attached hydrogen (secondary N) is 1. The van der Waals surface area contributed by atoms with Crippen LogP contribution in [0.4, 0.5) is 14.5 Å². The summed E-state index contributed by atoms with van der Waals surface area (Å²) in [7, 11) is 0. The van der Waals surface area contributed by atoms with Crippen LogP contribution in [0.2, 0.25) is 0 Å². The van der Waals surface area contributed by atoms with Crippen molar-refractivity contribution in [2.45, 2.75) is 17.1 Å². The molecular formula is C21H15F2N3O3S. The second-order valence-corrected chi connectivity index (χ2v) is 7.22. The zero-order chi connectivity index (χ0) is 20.9. The van der Waals surface area contributed by atoms with Gasteiger partial charge in [0.15, 0.2) is 5.76 Å². The van der Waals surface area contributed by atoms with Gasteiger partial charge in [0.25, 0.3) is 11.8 Å². The van der Waals surface area contributed by atoms with Crippen LogP contribution in [-0.4, -0.2) is 16.0 Å². The minimum absolute atomic E-state index is 0.0133. The van der Waals surface area contributed by atoms with Crippen molar-refractivity contribution in [2.24, 2.45) is 0 Å². The minimum atomic E-state index is -2.85. The van der Waals surface area contributed by atoms with Crippen LogP contribution in [0.15, 0.2) is 80.8 Å². The SMILES string of the molecule is O=C(Nc1cccc(-c2noc(C(F)F)n2)c1)c1occc1CSc1ccccc1. The number of carbonyl (C=O) groups excluding carboxylic acids is 1. The molecule has 0 spiro atoms. The summed E-state index contributed by atoms with van der Waals surface area (Å²) in [6, 6.07) is 18.1. The molecule has 2 aromatic heterocycles. The standard InChI is InChI=1S/C21H15F2N3O3S/c22-18(23)21-25-19(26-29-21)13-5-4-6-15(11-13)24-20(27)17-14(9-10-28-17)12-30-16-7-2-1-3-8-16/h1-11,18H,12H2,(H,24,27). The van der Waals surface area contributed by atoms with Gasteiger partial charge in [-0.1, -0.05) is 35.5 Å². The first-order chi connectivity index (χ1) is 14.6. The molecule has 1 N–H and O–H groups in total. The van der Waals surface area contributed by atoms with Crippen molar-refractivity contribution >= 4 is 23.4 Å². The summed E-state index contributed by atoms with van der Waals surface area (Å²) in [5.41, 5.74) is 1.64. The summed E-state index contributed by atoms with van der Waals surface area (Å²) in [6.07, 6.45) is -1.38. The molecule has 2 aromatic carbocycles. The van der Waals surface area contributed by atoms with Gasteiger partial charge in [0.1, 0.15) is 0 Å². The molecule has 0 saturated heterocycles. The lowest BCUT2D eigenvalue weighted by atomic mass is 10.2. The van der Waals surface area contributed by atoms with E-state index in [1.54, 1.807) is 42.1 Å². The average molecular weight is 427 g/mol. The number of hydrogen-bond acceptors (Lipinski definition) is 6. The Morgan fingerprint density at radius 1 is 1.10 bits per heavy atom. The van der Waals surface area contributed by atoms with Crippen LogP contribution in [0, 0.1) is 0 Å². The monoisotopic (exact) mass is 427 g/mol. The number of amides is 1. The van der Waals surface area contributed by atoms with Crippen molar-refractivity contribution in [1.82, 2.24) is 10.1 Å². The molecule has 9 heteroatoms. The van der Waals surface area contributed by atoms with Crippen molar-refractivity contribution in [2.75, 3.05) is 5.32 Å². The number of alkyl halides is 2. The highest BCUT2D eigenvalue weighted by Crippen LogP contribution is 2.27. The zero-order valence-electron chi connectivity index (χ0n) is 15.4. The Balaban J connectivity index is 1.46. The van der Waals surface area contributed by atoms with Gasteiger partial charge in [0.05, 0.1) is 6.26 Å². The van der Waals surface area contributed by atoms with Crippen LogP contribution in [0.25, 0.3) is 11.4 Å². The molecule has 6 nitrogen and oxygen atoms in total. The highest BCUT2D eigenvalue weighted by atomic mass is 32.2. The Bertz CT molecular complexity index is 1150. The van der Waals surface area contributed by atoms with Gasteiger partial charge in [-0.3, -0.25) is 4.79 Å². The molecule has 0 radical (unpaired) electrons. The van der Waals surface area contributed by atoms with Crippen LogP contribution >= 0.6 is 11.8 Å². The number of furan rings is 1. The van der Waals surface area contributed by atoms with E-state index in [0.29, 0.717) is 17.0 Å². The third-order valence-electron chi connectivity index (χ3n) is 4.10. The number of benzene rings is 2. The summed E-state index contributed by atoms with van der Waals surface area (Å²) in [4.78, 5) is 17.4. The van der Waals surface area contributed by atoms with Gasteiger partial charge < -0.3 is 14.3 Å². The molecule has 30 heavy (non-hydrogen) atoms. The second-order valence-electron chi connectivity index (χ2n) is 6.17. The summed E-state index contributed by atoms with van der Waals surface area (Å²) in [5.74, 6) is -0.372. The third kappa shape index (κ3) is 4.57. The summed E-state index contributed by atoms with van der Waals surface area (Å²) < 4.78 is 35.2. The quantitative estimate of drug-likeness (QED) is 0.375. The fourth-order valence-corrected chi connectivity index (χ4v) is 3.59. The number of thioether (sulfide) groups is 1. The predicted octanol–water partition coefficient (Wildman–Crippen LogP) is 5.81. The molecule has 0 atom stereocenters. The number of rotatable bonds is 7. The van der Waals surface area contributed by atoms with Gasteiger partial charge in [0.2, 0.25) is 5.82 Å². The highest BCUT2D eigenvalue weighted by Gasteiger charge is 2.19. The second kappa shape index (κ2) is 8.91. The van der Waals surface area contributed by atoms with Gasteiger partial charge in [-0.15, -0.1) is 11.8 Å². The smallest absolute Gasteiger partial charge is 0.315 e. The van der Waals surface area contributed by atoms with E-state index in [4.69, 9.17) is 4.42 Å². The number of halogens is 2. The summed E-state index contributed by atoms with van der Waals surface area (Å²) in [6.45, 7) is 0. The fourth-order valence-electron chi connectivity index (χ4n) is 2.69. The molecule has 0 aliphatic rings. The summed E-state index contributed by atoms with van der Waals surface area (Å²) >= 11 is 1.59. The molecule has 0 aliphatic heterocycles. The van der Waals surface area contributed by atoms with Gasteiger partial charge in [-0.05, 0) is 30.3 Å². The molecule has 0 bridgehead atoms. The molecule has 2 heterocycles. The van der Waals surface area contributed by atoms with Crippen molar-refractivity contribution < 1.29 is 22.5 Å². The van der Waals surface area contributed by atoms with E-state index in [1.807, 2.05) is 30.3 Å². The first-order valence-corrected chi connectivity index (χ1v) is 9.86. The van der Waals surface area contributed by atoms with Crippen molar-refractivity contribution in [3.05, 3.63) is 84.1 Å². The van der Waals surface area contributed by atoms with Gasteiger partial charge in [-0.2, -0.15) is 13.8 Å². The number of aromatic nitrogens is 2. The number of anilines is 1. The molecule has 0 aliphatic carbocycles. The lowest BCUT2D eigenvalue weighted by molar-refractivity contribution is 0.0995. The lowest BCUT2D eigenvalue weighted by Gasteiger charge is -2.06. The van der Waals surface area contributed by atoms with Crippen molar-refractivity contribution in [3.63, 3.8) is 0 Å². The Hall–Kier alpha value is -3.46. The van der Waals surface area contributed by atoms with E-state index in [-0.39, 0.29) is 11.6 Å². The van der Waals surface area contributed by atoms with Gasteiger partial charge in [0, 0.05) is 27.5 Å². The van der Waals surface area contributed by atoms with Crippen LogP contribution in [0.1, 0.15) is 28.4 Å². The molecule has 0 unspecified atom stereocenters. The molecule has 152 valence electrons. The van der Waals surface area contributed by atoms with E-state index >= 15 is 0 Å². The molecular weight excluding hydrogens is 412 g/mol. The number of hydrogen-bond donors (Lipinski definition) is 1.